The second-order valence-corrected chi connectivity index (χ2v) is 4.32. The van der Waals surface area contributed by atoms with Crippen molar-refractivity contribution in [2.75, 3.05) is 5.32 Å². The molecule has 3 aromatic rings. The average molecular weight is 254 g/mol. The lowest BCUT2D eigenvalue weighted by Gasteiger charge is -2.06. The molecule has 0 bridgehead atoms. The van der Waals surface area contributed by atoms with Crippen molar-refractivity contribution in [3.63, 3.8) is 0 Å². The first-order valence-electron chi connectivity index (χ1n) is 6.04. The summed E-state index contributed by atoms with van der Waals surface area (Å²) in [5, 5.41) is 10.3. The highest BCUT2D eigenvalue weighted by Crippen LogP contribution is 2.22. The van der Waals surface area contributed by atoms with E-state index in [4.69, 9.17) is 4.42 Å². The van der Waals surface area contributed by atoms with E-state index < -0.39 is 0 Å². The second kappa shape index (κ2) is 4.97. The molecule has 1 aromatic carbocycles. The highest BCUT2D eigenvalue weighted by atomic mass is 16.3. The van der Waals surface area contributed by atoms with Crippen LogP contribution in [0.2, 0.25) is 0 Å². The van der Waals surface area contributed by atoms with Gasteiger partial charge in [0.25, 0.3) is 0 Å². The fourth-order valence-corrected chi connectivity index (χ4v) is 1.89. The summed E-state index contributed by atoms with van der Waals surface area (Å²) in [6.45, 7) is 2.75. The number of nitrogens with one attached hydrogen (secondary N) is 2. The number of aromatic nitrogens is 3. The molecule has 0 fully saturated rings. The number of aryl methyl sites for hydroxylation is 1. The first-order valence-corrected chi connectivity index (χ1v) is 6.04. The molecule has 0 atom stereocenters. The van der Waals surface area contributed by atoms with Crippen LogP contribution in [-0.2, 0) is 6.54 Å². The Labute approximate surface area is 110 Å². The number of nitrogens with zero attached hydrogens (tertiary/aromatic N) is 2. The van der Waals surface area contributed by atoms with Crippen LogP contribution in [0.4, 0.5) is 5.69 Å². The van der Waals surface area contributed by atoms with Gasteiger partial charge in [0.05, 0.1) is 12.4 Å². The van der Waals surface area contributed by atoms with Crippen molar-refractivity contribution in [2.24, 2.45) is 0 Å². The van der Waals surface area contributed by atoms with Crippen molar-refractivity contribution < 1.29 is 4.42 Å². The Kier molecular flexibility index (Phi) is 3.02. The van der Waals surface area contributed by atoms with Gasteiger partial charge in [0.15, 0.2) is 12.2 Å². The zero-order chi connectivity index (χ0) is 13.1. The molecule has 0 aliphatic heterocycles. The molecule has 0 aliphatic carbocycles. The fraction of sp³-hybridized carbons (Fsp3) is 0.143. The number of benzene rings is 1. The number of anilines is 1. The molecule has 19 heavy (non-hydrogen) atoms. The molecule has 0 saturated heterocycles. The molecule has 96 valence electrons. The Morgan fingerprint density at radius 1 is 1.32 bits per heavy atom. The zero-order valence-electron chi connectivity index (χ0n) is 10.6. The largest absolute Gasteiger partial charge is 0.444 e. The summed E-state index contributed by atoms with van der Waals surface area (Å²) in [6, 6.07) is 8.04. The van der Waals surface area contributed by atoms with Gasteiger partial charge >= 0.3 is 0 Å². The molecule has 2 aromatic heterocycles. The van der Waals surface area contributed by atoms with Gasteiger partial charge in [0.1, 0.15) is 0 Å². The third-order valence-corrected chi connectivity index (χ3v) is 3.00. The van der Waals surface area contributed by atoms with Gasteiger partial charge in [0, 0.05) is 29.1 Å². The quantitative estimate of drug-likeness (QED) is 0.751. The maximum atomic E-state index is 5.29. The highest BCUT2D eigenvalue weighted by molar-refractivity contribution is 5.63. The summed E-state index contributed by atoms with van der Waals surface area (Å²) in [5.41, 5.74) is 4.28. The van der Waals surface area contributed by atoms with Gasteiger partial charge in [-0.1, -0.05) is 12.1 Å². The van der Waals surface area contributed by atoms with E-state index >= 15 is 0 Å². The van der Waals surface area contributed by atoms with E-state index in [1.54, 1.807) is 6.20 Å². The topological polar surface area (TPSA) is 66.7 Å². The molecule has 0 spiro atoms. The summed E-state index contributed by atoms with van der Waals surface area (Å²) in [4.78, 5) is 3.93. The number of hydrogen-bond donors (Lipinski definition) is 2. The highest BCUT2D eigenvalue weighted by Gasteiger charge is 2.03. The van der Waals surface area contributed by atoms with Crippen molar-refractivity contribution >= 4 is 5.69 Å². The van der Waals surface area contributed by atoms with Crippen molar-refractivity contribution in [3.8, 4) is 11.3 Å². The minimum atomic E-state index is 0.738. The van der Waals surface area contributed by atoms with Crippen LogP contribution in [0.1, 0.15) is 11.3 Å². The van der Waals surface area contributed by atoms with Gasteiger partial charge in [-0.25, -0.2) is 4.98 Å². The number of oxazole rings is 1. The first kappa shape index (κ1) is 11.5. The molecule has 0 radical (unpaired) electrons. The van der Waals surface area contributed by atoms with E-state index in [0.29, 0.717) is 0 Å². The fourth-order valence-electron chi connectivity index (χ4n) is 1.89. The van der Waals surface area contributed by atoms with E-state index in [1.165, 1.54) is 6.39 Å². The Balaban J connectivity index is 1.75. The maximum absolute atomic E-state index is 5.29. The van der Waals surface area contributed by atoms with Crippen molar-refractivity contribution in [2.45, 2.75) is 13.5 Å². The number of H-pyrrole nitrogens is 1. The van der Waals surface area contributed by atoms with Gasteiger partial charge in [-0.3, -0.25) is 5.10 Å². The minimum Gasteiger partial charge on any atom is -0.444 e. The SMILES string of the molecule is Cc1[nH]ncc1CNc1cccc(-c2cnco2)c1. The van der Waals surface area contributed by atoms with Crippen molar-refractivity contribution in [1.82, 2.24) is 15.2 Å². The third-order valence-electron chi connectivity index (χ3n) is 3.00. The van der Waals surface area contributed by atoms with Crippen LogP contribution in [0.5, 0.6) is 0 Å². The van der Waals surface area contributed by atoms with E-state index in [2.05, 4.69) is 20.5 Å². The van der Waals surface area contributed by atoms with Gasteiger partial charge in [-0.05, 0) is 19.1 Å². The van der Waals surface area contributed by atoms with E-state index in [1.807, 2.05) is 37.4 Å². The van der Waals surface area contributed by atoms with Crippen LogP contribution in [0.15, 0.2) is 47.5 Å². The lowest BCUT2D eigenvalue weighted by Crippen LogP contribution is -1.99. The minimum absolute atomic E-state index is 0.738. The van der Waals surface area contributed by atoms with Crippen LogP contribution < -0.4 is 5.32 Å². The molecular formula is C14H14N4O. The van der Waals surface area contributed by atoms with Crippen LogP contribution in [0.25, 0.3) is 11.3 Å². The summed E-state index contributed by atoms with van der Waals surface area (Å²) < 4.78 is 5.29. The number of aromatic amines is 1. The summed E-state index contributed by atoms with van der Waals surface area (Å²) in [7, 11) is 0. The summed E-state index contributed by atoms with van der Waals surface area (Å²) in [5.74, 6) is 0.767. The molecule has 0 amide bonds. The van der Waals surface area contributed by atoms with E-state index in [0.717, 1.165) is 34.8 Å². The number of rotatable bonds is 4. The van der Waals surface area contributed by atoms with Gasteiger partial charge in [-0.15, -0.1) is 0 Å². The normalized spacial score (nSPS) is 10.6. The standard InChI is InChI=1S/C14H14N4O/c1-10-12(7-17-18-10)6-16-13-4-2-3-11(5-13)14-8-15-9-19-14/h2-5,7-9,16H,6H2,1H3,(H,17,18). The lowest BCUT2D eigenvalue weighted by molar-refractivity contribution is 0.572. The summed E-state index contributed by atoms with van der Waals surface area (Å²) >= 11 is 0. The molecule has 5 heteroatoms. The van der Waals surface area contributed by atoms with Crippen LogP contribution in [0, 0.1) is 6.92 Å². The molecule has 2 heterocycles. The Bertz CT molecular complexity index is 658. The Hall–Kier alpha value is -2.56. The van der Waals surface area contributed by atoms with E-state index in [9.17, 15) is 0 Å². The molecule has 2 N–H and O–H groups in total. The van der Waals surface area contributed by atoms with E-state index in [-0.39, 0.29) is 0 Å². The van der Waals surface area contributed by atoms with Crippen molar-refractivity contribution in [3.05, 3.63) is 54.3 Å². The smallest absolute Gasteiger partial charge is 0.181 e. The van der Waals surface area contributed by atoms with Gasteiger partial charge in [0.2, 0.25) is 0 Å². The Morgan fingerprint density at radius 2 is 2.26 bits per heavy atom. The predicted octanol–water partition coefficient (Wildman–Crippen LogP) is 2.99. The molecule has 5 nitrogen and oxygen atoms in total. The second-order valence-electron chi connectivity index (χ2n) is 4.32. The monoisotopic (exact) mass is 254 g/mol. The predicted molar refractivity (Wildman–Crippen MR) is 72.6 cm³/mol. The first-order chi connectivity index (χ1) is 9.33. The zero-order valence-corrected chi connectivity index (χ0v) is 10.6. The molecule has 3 rings (SSSR count). The lowest BCUT2D eigenvalue weighted by atomic mass is 10.1. The van der Waals surface area contributed by atoms with Crippen LogP contribution in [-0.4, -0.2) is 15.2 Å². The molecular weight excluding hydrogens is 240 g/mol. The summed E-state index contributed by atoms with van der Waals surface area (Å²) in [6.07, 6.45) is 4.98. The number of hydrogen-bond acceptors (Lipinski definition) is 4. The van der Waals surface area contributed by atoms with Gasteiger partial charge < -0.3 is 9.73 Å². The molecule has 0 saturated carbocycles. The third kappa shape index (κ3) is 2.49. The Morgan fingerprint density at radius 3 is 3.00 bits per heavy atom. The average Bonchev–Trinajstić information content (AvgIpc) is 3.08. The van der Waals surface area contributed by atoms with Crippen LogP contribution >= 0.6 is 0 Å². The van der Waals surface area contributed by atoms with Gasteiger partial charge in [-0.2, -0.15) is 5.10 Å². The van der Waals surface area contributed by atoms with Crippen molar-refractivity contribution in [1.29, 1.82) is 0 Å². The molecule has 0 unspecified atom stereocenters. The molecule has 0 aliphatic rings. The maximum Gasteiger partial charge on any atom is 0.181 e. The van der Waals surface area contributed by atoms with Crippen LogP contribution in [0.3, 0.4) is 0 Å².